The predicted molar refractivity (Wildman–Crippen MR) is 84.5 cm³/mol. The first-order valence-corrected chi connectivity index (χ1v) is 8.23. The van der Waals surface area contributed by atoms with Crippen molar-refractivity contribution >= 4 is 23.4 Å². The molecule has 0 bridgehead atoms. The highest BCUT2D eigenvalue weighted by Gasteiger charge is 2.11. The first-order valence-electron chi connectivity index (χ1n) is 7.08. The molecule has 0 aromatic carbocycles. The van der Waals surface area contributed by atoms with Gasteiger partial charge in [-0.15, -0.1) is 0 Å². The summed E-state index contributed by atoms with van der Waals surface area (Å²) < 4.78 is 0. The fourth-order valence-electron chi connectivity index (χ4n) is 2.08. The van der Waals surface area contributed by atoms with Gasteiger partial charge < -0.3 is 10.6 Å². The first kappa shape index (κ1) is 15.1. The van der Waals surface area contributed by atoms with Gasteiger partial charge in [0.1, 0.15) is 5.69 Å². The Hall–Kier alpha value is -1.27. The number of anilines is 1. The predicted octanol–water partition coefficient (Wildman–Crippen LogP) is 1.29. The number of pyridine rings is 1. The van der Waals surface area contributed by atoms with E-state index in [1.807, 2.05) is 24.8 Å². The van der Waals surface area contributed by atoms with Crippen LogP contribution in [0.2, 0.25) is 0 Å². The van der Waals surface area contributed by atoms with Crippen molar-refractivity contribution in [2.24, 2.45) is 0 Å². The van der Waals surface area contributed by atoms with E-state index in [0.29, 0.717) is 12.2 Å². The summed E-state index contributed by atoms with van der Waals surface area (Å²) in [6, 6.07) is 3.64. The van der Waals surface area contributed by atoms with Crippen LogP contribution < -0.4 is 10.6 Å². The van der Waals surface area contributed by atoms with Crippen LogP contribution in [0.3, 0.4) is 0 Å². The quantitative estimate of drug-likeness (QED) is 0.828. The first-order chi connectivity index (χ1) is 9.79. The lowest BCUT2D eigenvalue weighted by molar-refractivity contribution is 0.0944. The maximum atomic E-state index is 11.9. The van der Waals surface area contributed by atoms with Crippen molar-refractivity contribution in [3.05, 3.63) is 24.0 Å². The molecule has 5 nitrogen and oxygen atoms in total. The summed E-state index contributed by atoms with van der Waals surface area (Å²) in [6.07, 6.45) is 1.69. The number of thioether (sulfide) groups is 1. The highest BCUT2D eigenvalue weighted by molar-refractivity contribution is 7.99. The summed E-state index contributed by atoms with van der Waals surface area (Å²) in [5, 5.41) is 6.08. The molecule has 1 aromatic rings. The molecule has 110 valence electrons. The summed E-state index contributed by atoms with van der Waals surface area (Å²) in [6.45, 7) is 6.72. The maximum Gasteiger partial charge on any atom is 0.269 e. The zero-order valence-corrected chi connectivity index (χ0v) is 12.7. The molecule has 0 unspecified atom stereocenters. The summed E-state index contributed by atoms with van der Waals surface area (Å²) in [5.74, 6) is 2.29. The van der Waals surface area contributed by atoms with Gasteiger partial charge in [0, 0.05) is 44.2 Å². The zero-order chi connectivity index (χ0) is 14.2. The fourth-order valence-corrected chi connectivity index (χ4v) is 3.06. The molecule has 2 heterocycles. The number of hydrogen-bond donors (Lipinski definition) is 2. The largest absolute Gasteiger partial charge is 0.384 e. The van der Waals surface area contributed by atoms with Crippen molar-refractivity contribution in [1.82, 2.24) is 15.2 Å². The van der Waals surface area contributed by atoms with Gasteiger partial charge in [0.25, 0.3) is 5.91 Å². The molecule has 1 fully saturated rings. The van der Waals surface area contributed by atoms with Crippen molar-refractivity contribution in [2.45, 2.75) is 6.92 Å². The number of carbonyl (C=O) groups excluding carboxylic acids is 1. The van der Waals surface area contributed by atoms with E-state index >= 15 is 0 Å². The molecule has 2 rings (SSSR count). The monoisotopic (exact) mass is 294 g/mol. The average molecular weight is 294 g/mol. The number of amides is 1. The molecule has 0 saturated carbocycles. The number of nitrogens with one attached hydrogen (secondary N) is 2. The van der Waals surface area contributed by atoms with Gasteiger partial charge in [-0.3, -0.25) is 9.69 Å². The van der Waals surface area contributed by atoms with Crippen LogP contribution in [-0.4, -0.2) is 60.0 Å². The van der Waals surface area contributed by atoms with Gasteiger partial charge in [-0.25, -0.2) is 4.98 Å². The van der Waals surface area contributed by atoms with E-state index in [9.17, 15) is 4.79 Å². The van der Waals surface area contributed by atoms with Gasteiger partial charge in [-0.05, 0) is 19.1 Å². The molecule has 6 heteroatoms. The Morgan fingerprint density at radius 3 is 2.85 bits per heavy atom. The molecule has 20 heavy (non-hydrogen) atoms. The molecule has 0 atom stereocenters. The van der Waals surface area contributed by atoms with Crippen LogP contribution in [0.1, 0.15) is 17.4 Å². The van der Waals surface area contributed by atoms with Crippen LogP contribution in [0, 0.1) is 0 Å². The lowest BCUT2D eigenvalue weighted by Gasteiger charge is -2.25. The minimum Gasteiger partial charge on any atom is -0.384 e. The molecular weight excluding hydrogens is 272 g/mol. The van der Waals surface area contributed by atoms with E-state index in [0.717, 1.165) is 31.9 Å². The van der Waals surface area contributed by atoms with Crippen molar-refractivity contribution in [2.75, 3.05) is 49.5 Å². The van der Waals surface area contributed by atoms with Gasteiger partial charge >= 0.3 is 0 Å². The zero-order valence-electron chi connectivity index (χ0n) is 11.9. The van der Waals surface area contributed by atoms with Crippen molar-refractivity contribution in [3.8, 4) is 0 Å². The molecule has 0 spiro atoms. The van der Waals surface area contributed by atoms with E-state index in [4.69, 9.17) is 0 Å². The van der Waals surface area contributed by atoms with Crippen LogP contribution >= 0.6 is 11.8 Å². The standard InChI is InChI=1S/C14H22N4OS/c1-2-15-12-3-4-13(17-11-12)14(19)16-5-6-18-7-9-20-10-8-18/h3-4,11,15H,2,5-10H2,1H3,(H,16,19). The van der Waals surface area contributed by atoms with Gasteiger partial charge in [-0.2, -0.15) is 11.8 Å². The van der Waals surface area contributed by atoms with Crippen LogP contribution in [0.25, 0.3) is 0 Å². The molecule has 0 aliphatic carbocycles. The molecule has 0 radical (unpaired) electrons. The van der Waals surface area contributed by atoms with Crippen molar-refractivity contribution < 1.29 is 4.79 Å². The van der Waals surface area contributed by atoms with Crippen molar-refractivity contribution in [1.29, 1.82) is 0 Å². The Labute approximate surface area is 124 Å². The second kappa shape index (κ2) is 8.11. The summed E-state index contributed by atoms with van der Waals surface area (Å²) in [4.78, 5) is 18.5. The van der Waals surface area contributed by atoms with Crippen molar-refractivity contribution in [3.63, 3.8) is 0 Å². The Balaban J connectivity index is 1.73. The SMILES string of the molecule is CCNc1ccc(C(=O)NCCN2CCSCC2)nc1. The van der Waals surface area contributed by atoms with E-state index in [1.165, 1.54) is 11.5 Å². The molecule has 1 aliphatic heterocycles. The molecule has 1 amide bonds. The smallest absolute Gasteiger partial charge is 0.269 e. The number of rotatable bonds is 6. The minimum absolute atomic E-state index is 0.0977. The maximum absolute atomic E-state index is 11.9. The lowest BCUT2D eigenvalue weighted by atomic mass is 10.3. The summed E-state index contributed by atoms with van der Waals surface area (Å²) >= 11 is 2.00. The van der Waals surface area contributed by atoms with Gasteiger partial charge in [0.15, 0.2) is 0 Å². The minimum atomic E-state index is -0.0977. The molecule has 1 saturated heterocycles. The van der Waals surface area contributed by atoms with E-state index in [-0.39, 0.29) is 5.91 Å². The number of nitrogens with zero attached hydrogens (tertiary/aromatic N) is 2. The number of aromatic nitrogens is 1. The van der Waals surface area contributed by atoms with Gasteiger partial charge in [-0.1, -0.05) is 0 Å². The fraction of sp³-hybridized carbons (Fsp3) is 0.571. The highest BCUT2D eigenvalue weighted by atomic mass is 32.2. The number of carbonyl (C=O) groups is 1. The third-order valence-electron chi connectivity index (χ3n) is 3.19. The Morgan fingerprint density at radius 2 is 2.20 bits per heavy atom. The van der Waals surface area contributed by atoms with Crippen LogP contribution in [0.5, 0.6) is 0 Å². The second-order valence-electron chi connectivity index (χ2n) is 4.67. The number of hydrogen-bond acceptors (Lipinski definition) is 5. The Bertz CT molecular complexity index is 418. The third-order valence-corrected chi connectivity index (χ3v) is 4.14. The normalized spacial score (nSPS) is 15.8. The molecule has 1 aromatic heterocycles. The van der Waals surface area contributed by atoms with Gasteiger partial charge in [0.05, 0.1) is 11.9 Å². The van der Waals surface area contributed by atoms with Crippen LogP contribution in [-0.2, 0) is 0 Å². The lowest BCUT2D eigenvalue weighted by Crippen LogP contribution is -2.39. The van der Waals surface area contributed by atoms with Crippen LogP contribution in [0.4, 0.5) is 5.69 Å². The third kappa shape index (κ3) is 4.68. The average Bonchev–Trinajstić information content (AvgIpc) is 2.49. The summed E-state index contributed by atoms with van der Waals surface area (Å²) in [7, 11) is 0. The second-order valence-corrected chi connectivity index (χ2v) is 5.90. The van der Waals surface area contributed by atoms with E-state index in [2.05, 4.69) is 20.5 Å². The Kier molecular flexibility index (Phi) is 6.14. The molecule has 2 N–H and O–H groups in total. The van der Waals surface area contributed by atoms with Crippen LogP contribution in [0.15, 0.2) is 18.3 Å². The summed E-state index contributed by atoms with van der Waals surface area (Å²) in [5.41, 5.74) is 1.41. The van der Waals surface area contributed by atoms with E-state index < -0.39 is 0 Å². The van der Waals surface area contributed by atoms with E-state index in [1.54, 1.807) is 12.3 Å². The topological polar surface area (TPSA) is 57.3 Å². The molecular formula is C14H22N4OS. The van der Waals surface area contributed by atoms with Gasteiger partial charge in [0.2, 0.25) is 0 Å². The highest BCUT2D eigenvalue weighted by Crippen LogP contribution is 2.08. The molecule has 1 aliphatic rings. The Morgan fingerprint density at radius 1 is 1.40 bits per heavy atom.